The van der Waals surface area contributed by atoms with Gasteiger partial charge in [0.2, 0.25) is 0 Å². The lowest BCUT2D eigenvalue weighted by Gasteiger charge is -2.22. The van der Waals surface area contributed by atoms with Gasteiger partial charge in [-0.2, -0.15) is 0 Å². The SMILES string of the molecule is CCCCCC(=O)OC[C@H]1O[C@@H](n2cc(C)c(=O)[nH]c2=O)[C@@H](F)[C@@H]1OC(=O)C1=CN(C)C=CC1. The van der Waals surface area contributed by atoms with Crippen LogP contribution in [0.5, 0.6) is 0 Å². The molecule has 34 heavy (non-hydrogen) atoms. The number of carbonyl (C=O) groups is 2. The molecule has 0 amide bonds. The first-order chi connectivity index (χ1) is 16.2. The zero-order valence-electron chi connectivity index (χ0n) is 19.5. The Morgan fingerprint density at radius 3 is 2.76 bits per heavy atom. The highest BCUT2D eigenvalue weighted by atomic mass is 19.1. The van der Waals surface area contributed by atoms with Crippen molar-refractivity contribution in [3.63, 3.8) is 0 Å². The molecular formula is C23H30FN3O7. The molecule has 0 unspecified atom stereocenters. The summed E-state index contributed by atoms with van der Waals surface area (Å²) in [5.74, 6) is -1.21. The maximum absolute atomic E-state index is 15.5. The van der Waals surface area contributed by atoms with Gasteiger partial charge in [0, 0.05) is 37.8 Å². The maximum Gasteiger partial charge on any atom is 0.336 e. The number of nitrogens with zero attached hydrogens (tertiary/aromatic N) is 2. The minimum absolute atomic E-state index is 0.178. The van der Waals surface area contributed by atoms with Crippen LogP contribution in [0, 0.1) is 6.92 Å². The first-order valence-electron chi connectivity index (χ1n) is 11.3. The Morgan fingerprint density at radius 2 is 2.06 bits per heavy atom. The van der Waals surface area contributed by atoms with Gasteiger partial charge in [-0.25, -0.2) is 14.0 Å². The van der Waals surface area contributed by atoms with E-state index in [1.165, 1.54) is 13.1 Å². The molecule has 2 aliphatic rings. The van der Waals surface area contributed by atoms with Gasteiger partial charge >= 0.3 is 17.6 Å². The molecule has 3 heterocycles. The Balaban J connectivity index is 1.79. The summed E-state index contributed by atoms with van der Waals surface area (Å²) in [6.07, 6.45) is 3.27. The number of esters is 2. The second kappa shape index (κ2) is 11.3. The number of ether oxygens (including phenoxy) is 3. The van der Waals surface area contributed by atoms with Crippen molar-refractivity contribution in [2.24, 2.45) is 0 Å². The van der Waals surface area contributed by atoms with Gasteiger partial charge < -0.3 is 19.1 Å². The van der Waals surface area contributed by atoms with Gasteiger partial charge in [-0.05, 0) is 19.5 Å². The van der Waals surface area contributed by atoms with Crippen LogP contribution in [-0.2, 0) is 23.8 Å². The van der Waals surface area contributed by atoms with Crippen molar-refractivity contribution in [1.29, 1.82) is 0 Å². The van der Waals surface area contributed by atoms with E-state index in [2.05, 4.69) is 4.98 Å². The van der Waals surface area contributed by atoms with Gasteiger partial charge in [0.15, 0.2) is 18.5 Å². The molecule has 186 valence electrons. The monoisotopic (exact) mass is 479 g/mol. The van der Waals surface area contributed by atoms with Crippen LogP contribution >= 0.6 is 0 Å². The van der Waals surface area contributed by atoms with Crippen LogP contribution in [0.4, 0.5) is 4.39 Å². The third-order valence-electron chi connectivity index (χ3n) is 5.62. The van der Waals surface area contributed by atoms with Crippen LogP contribution in [0.3, 0.4) is 0 Å². The van der Waals surface area contributed by atoms with E-state index in [-0.39, 0.29) is 18.6 Å². The highest BCUT2D eigenvalue weighted by Gasteiger charge is 2.49. The molecule has 0 aromatic carbocycles. The van der Waals surface area contributed by atoms with E-state index < -0.39 is 47.8 Å². The number of unbranched alkanes of at least 4 members (excludes halogenated alkanes) is 2. The van der Waals surface area contributed by atoms with Crippen LogP contribution in [0.15, 0.2) is 39.8 Å². The molecule has 4 atom stereocenters. The number of aromatic nitrogens is 2. The molecule has 0 saturated carbocycles. The zero-order valence-corrected chi connectivity index (χ0v) is 19.5. The minimum Gasteiger partial charge on any atom is -0.463 e. The second-order valence-corrected chi connectivity index (χ2v) is 8.41. The molecule has 3 rings (SSSR count). The predicted octanol–water partition coefficient (Wildman–Crippen LogP) is 1.85. The number of carbonyl (C=O) groups excluding carboxylic acids is 2. The standard InChI is InChI=1S/C23H30FN3O7/c1-4-5-6-9-17(28)32-13-16-19(34-22(30)15-8-7-10-26(3)12-15)18(24)21(33-16)27-11-14(2)20(29)25-23(27)31/h7,10-12,16,18-19,21H,4-6,8-9,13H2,1-3H3,(H,25,29,31)/t16-,18+,19-,21-/m1/s1. The van der Waals surface area contributed by atoms with E-state index in [1.807, 2.05) is 6.92 Å². The zero-order chi connectivity index (χ0) is 24.8. The van der Waals surface area contributed by atoms with Crippen molar-refractivity contribution in [1.82, 2.24) is 14.5 Å². The molecule has 2 aliphatic heterocycles. The summed E-state index contributed by atoms with van der Waals surface area (Å²) in [5, 5.41) is 0. The van der Waals surface area contributed by atoms with E-state index >= 15 is 4.39 Å². The van der Waals surface area contributed by atoms with Crippen molar-refractivity contribution < 1.29 is 28.2 Å². The Bertz CT molecular complexity index is 1080. The Hall–Kier alpha value is -3.21. The topological polar surface area (TPSA) is 120 Å². The van der Waals surface area contributed by atoms with Gasteiger partial charge in [-0.1, -0.05) is 25.8 Å². The highest BCUT2D eigenvalue weighted by Crippen LogP contribution is 2.34. The van der Waals surface area contributed by atoms with E-state index in [0.29, 0.717) is 18.4 Å². The summed E-state index contributed by atoms with van der Waals surface area (Å²) < 4.78 is 32.9. The average molecular weight is 480 g/mol. The predicted molar refractivity (Wildman–Crippen MR) is 119 cm³/mol. The van der Waals surface area contributed by atoms with Crippen LogP contribution < -0.4 is 11.2 Å². The lowest BCUT2D eigenvalue weighted by molar-refractivity contribution is -0.156. The van der Waals surface area contributed by atoms with Gasteiger partial charge in [0.1, 0.15) is 12.7 Å². The van der Waals surface area contributed by atoms with Crippen molar-refractivity contribution in [3.05, 3.63) is 56.6 Å². The Morgan fingerprint density at radius 1 is 1.29 bits per heavy atom. The molecule has 0 spiro atoms. The van der Waals surface area contributed by atoms with E-state index in [4.69, 9.17) is 14.2 Å². The fourth-order valence-electron chi connectivity index (χ4n) is 3.76. The van der Waals surface area contributed by atoms with Gasteiger partial charge in [0.05, 0.1) is 5.57 Å². The Kier molecular flexibility index (Phi) is 8.43. The number of alkyl halides is 1. The number of allylic oxidation sites excluding steroid dienone is 1. The number of H-pyrrole nitrogens is 1. The molecule has 0 bridgehead atoms. The Labute approximate surface area is 196 Å². The van der Waals surface area contributed by atoms with Crippen molar-refractivity contribution in [3.8, 4) is 0 Å². The summed E-state index contributed by atoms with van der Waals surface area (Å²) in [5.41, 5.74) is -0.978. The number of rotatable bonds is 9. The number of aryl methyl sites for hydroxylation is 1. The fraction of sp³-hybridized carbons (Fsp3) is 0.565. The summed E-state index contributed by atoms with van der Waals surface area (Å²) in [6, 6.07) is 0. The third kappa shape index (κ3) is 6.02. The number of nitrogens with one attached hydrogen (secondary N) is 1. The number of hydrogen-bond acceptors (Lipinski definition) is 8. The average Bonchev–Trinajstić information content (AvgIpc) is 3.10. The van der Waals surface area contributed by atoms with Crippen molar-refractivity contribution in [2.75, 3.05) is 13.7 Å². The van der Waals surface area contributed by atoms with Crippen molar-refractivity contribution in [2.45, 2.75) is 70.6 Å². The molecule has 10 nitrogen and oxygen atoms in total. The third-order valence-corrected chi connectivity index (χ3v) is 5.62. The number of hydrogen-bond donors (Lipinski definition) is 1. The molecule has 1 aromatic rings. The molecule has 0 aliphatic carbocycles. The normalized spacial score (nSPS) is 24.1. The van der Waals surface area contributed by atoms with Gasteiger partial charge in [-0.3, -0.25) is 19.1 Å². The highest BCUT2D eigenvalue weighted by molar-refractivity contribution is 5.89. The molecule has 11 heteroatoms. The molecule has 1 aromatic heterocycles. The summed E-state index contributed by atoms with van der Waals surface area (Å²) in [7, 11) is 1.74. The van der Waals surface area contributed by atoms with E-state index in [9.17, 15) is 19.2 Å². The smallest absolute Gasteiger partial charge is 0.336 e. The lowest BCUT2D eigenvalue weighted by Crippen LogP contribution is -2.39. The molecule has 1 saturated heterocycles. The molecule has 0 radical (unpaired) electrons. The largest absolute Gasteiger partial charge is 0.463 e. The van der Waals surface area contributed by atoms with Crippen LogP contribution in [0.25, 0.3) is 0 Å². The fourth-order valence-corrected chi connectivity index (χ4v) is 3.76. The van der Waals surface area contributed by atoms with Crippen LogP contribution in [0.1, 0.15) is 50.8 Å². The maximum atomic E-state index is 15.5. The summed E-state index contributed by atoms with van der Waals surface area (Å²) in [6.45, 7) is 3.12. The van der Waals surface area contributed by atoms with Crippen LogP contribution in [0.2, 0.25) is 0 Å². The lowest BCUT2D eigenvalue weighted by atomic mass is 10.1. The molecule has 1 fully saturated rings. The molecule has 1 N–H and O–H groups in total. The molecular weight excluding hydrogens is 449 g/mol. The number of halogens is 1. The first-order valence-corrected chi connectivity index (χ1v) is 11.3. The number of aromatic amines is 1. The summed E-state index contributed by atoms with van der Waals surface area (Å²) >= 11 is 0. The second-order valence-electron chi connectivity index (χ2n) is 8.41. The quantitative estimate of drug-likeness (QED) is 0.421. The summed E-state index contributed by atoms with van der Waals surface area (Å²) in [4.78, 5) is 52.5. The minimum atomic E-state index is -1.95. The van der Waals surface area contributed by atoms with Crippen LogP contribution in [-0.4, -0.2) is 58.4 Å². The van der Waals surface area contributed by atoms with Gasteiger partial charge in [0.25, 0.3) is 5.56 Å². The van der Waals surface area contributed by atoms with E-state index in [1.54, 1.807) is 30.4 Å². The van der Waals surface area contributed by atoms with E-state index in [0.717, 1.165) is 17.4 Å². The van der Waals surface area contributed by atoms with Gasteiger partial charge in [-0.15, -0.1) is 0 Å². The van der Waals surface area contributed by atoms with Crippen molar-refractivity contribution >= 4 is 11.9 Å². The first kappa shape index (κ1) is 25.4.